The largest absolute Gasteiger partial charge is 0.492 e. The molecule has 0 bridgehead atoms. The first-order valence-corrected chi connectivity index (χ1v) is 10.9. The van der Waals surface area contributed by atoms with Gasteiger partial charge < -0.3 is 15.4 Å². The normalized spacial score (nSPS) is 23.1. The third kappa shape index (κ3) is 3.88. The van der Waals surface area contributed by atoms with Crippen molar-refractivity contribution in [1.29, 1.82) is 0 Å². The number of hydrogen-bond donors (Lipinski definition) is 2. The van der Waals surface area contributed by atoms with Gasteiger partial charge in [-0.1, -0.05) is 18.2 Å². The summed E-state index contributed by atoms with van der Waals surface area (Å²) in [5.74, 6) is 1.61. The lowest BCUT2D eigenvalue weighted by Gasteiger charge is -2.16. The van der Waals surface area contributed by atoms with Crippen molar-refractivity contribution in [2.45, 2.75) is 50.5 Å². The summed E-state index contributed by atoms with van der Waals surface area (Å²) in [6.45, 7) is 1.86. The molecular weight excluding hydrogens is 362 g/mol. The van der Waals surface area contributed by atoms with Crippen LogP contribution in [-0.2, 0) is 12.8 Å². The molecule has 29 heavy (non-hydrogen) atoms. The van der Waals surface area contributed by atoms with Crippen LogP contribution in [-0.4, -0.2) is 31.1 Å². The van der Waals surface area contributed by atoms with Crippen molar-refractivity contribution in [2.24, 2.45) is 5.92 Å². The van der Waals surface area contributed by atoms with E-state index < -0.39 is 0 Å². The maximum atomic E-state index is 12.5. The van der Waals surface area contributed by atoms with Gasteiger partial charge >= 0.3 is 0 Å². The van der Waals surface area contributed by atoms with E-state index in [1.807, 2.05) is 0 Å². The van der Waals surface area contributed by atoms with Crippen molar-refractivity contribution in [3.05, 3.63) is 58.4 Å². The van der Waals surface area contributed by atoms with E-state index in [0.717, 1.165) is 37.3 Å². The van der Waals surface area contributed by atoms with Crippen molar-refractivity contribution in [3.8, 4) is 5.75 Å². The summed E-state index contributed by atoms with van der Waals surface area (Å²) in [6, 6.07) is 9.47. The smallest absolute Gasteiger partial charge is 0.269 e. The standard InChI is InChI=1S/C24H29N3O2/c1-25-24(28)23-21(12-20(13-27-23)29-14-15-4-5-15)19-9-16-6-7-17(10-18(16)11-19)22-3-2-8-26-22/h6-7,10,12-13,15,19,22,26H,2-5,8-9,11,14H2,1H3,(H,25,28). The summed E-state index contributed by atoms with van der Waals surface area (Å²) >= 11 is 0. The molecule has 1 amide bonds. The minimum Gasteiger partial charge on any atom is -0.492 e. The van der Waals surface area contributed by atoms with Gasteiger partial charge in [0.2, 0.25) is 0 Å². The molecule has 5 nitrogen and oxygen atoms in total. The molecule has 2 atom stereocenters. The number of pyridine rings is 1. The molecule has 2 aromatic rings. The van der Waals surface area contributed by atoms with Gasteiger partial charge in [-0.15, -0.1) is 0 Å². The second kappa shape index (κ2) is 7.79. The molecule has 2 unspecified atom stereocenters. The Morgan fingerprint density at radius 2 is 2.07 bits per heavy atom. The number of aromatic nitrogens is 1. The van der Waals surface area contributed by atoms with E-state index in [9.17, 15) is 4.79 Å². The van der Waals surface area contributed by atoms with Crippen LogP contribution in [0.1, 0.15) is 70.4 Å². The minimum atomic E-state index is -0.124. The summed E-state index contributed by atoms with van der Waals surface area (Å²) in [5, 5.41) is 6.34. The highest BCUT2D eigenvalue weighted by Gasteiger charge is 2.29. The number of fused-ring (bicyclic) bond motifs is 1. The predicted octanol–water partition coefficient (Wildman–Crippen LogP) is 3.54. The molecule has 2 fully saturated rings. The first-order valence-electron chi connectivity index (χ1n) is 10.9. The molecule has 3 aliphatic rings. The van der Waals surface area contributed by atoms with Crippen LogP contribution in [0.5, 0.6) is 5.75 Å². The van der Waals surface area contributed by atoms with Crippen LogP contribution in [0.15, 0.2) is 30.5 Å². The lowest BCUT2D eigenvalue weighted by atomic mass is 9.94. The zero-order chi connectivity index (χ0) is 19.8. The molecule has 5 rings (SSSR count). The fraction of sp³-hybridized carbons (Fsp3) is 0.500. The molecule has 5 heteroatoms. The fourth-order valence-corrected chi connectivity index (χ4v) is 4.70. The number of carbonyl (C=O) groups excluding carboxylic acids is 1. The third-order valence-corrected chi connectivity index (χ3v) is 6.58. The van der Waals surface area contributed by atoms with Gasteiger partial charge in [-0.3, -0.25) is 4.79 Å². The molecule has 1 saturated carbocycles. The monoisotopic (exact) mass is 391 g/mol. The molecule has 1 aromatic heterocycles. The van der Waals surface area contributed by atoms with Crippen LogP contribution in [0.3, 0.4) is 0 Å². The van der Waals surface area contributed by atoms with Gasteiger partial charge in [0, 0.05) is 13.1 Å². The second-order valence-electron chi connectivity index (χ2n) is 8.72. The van der Waals surface area contributed by atoms with E-state index in [-0.39, 0.29) is 11.8 Å². The first-order chi connectivity index (χ1) is 14.2. The van der Waals surface area contributed by atoms with Gasteiger partial charge in [0.1, 0.15) is 11.4 Å². The Labute approximate surface area is 172 Å². The van der Waals surface area contributed by atoms with Crippen LogP contribution in [0.4, 0.5) is 0 Å². The van der Waals surface area contributed by atoms with Gasteiger partial charge in [0.15, 0.2) is 0 Å². The predicted molar refractivity (Wildman–Crippen MR) is 112 cm³/mol. The summed E-state index contributed by atoms with van der Waals surface area (Å²) in [6.07, 6.45) is 8.58. The van der Waals surface area contributed by atoms with E-state index in [0.29, 0.717) is 17.7 Å². The number of nitrogens with zero attached hydrogens (tertiary/aromatic N) is 1. The number of ether oxygens (including phenoxy) is 1. The number of nitrogens with one attached hydrogen (secondary N) is 2. The van der Waals surface area contributed by atoms with Gasteiger partial charge in [-0.25, -0.2) is 4.98 Å². The molecule has 1 aliphatic heterocycles. The van der Waals surface area contributed by atoms with Crippen LogP contribution >= 0.6 is 0 Å². The van der Waals surface area contributed by atoms with Gasteiger partial charge in [0.25, 0.3) is 5.91 Å². The van der Waals surface area contributed by atoms with E-state index in [4.69, 9.17) is 4.74 Å². The van der Waals surface area contributed by atoms with E-state index in [1.54, 1.807) is 13.2 Å². The quantitative estimate of drug-likeness (QED) is 0.791. The number of hydrogen-bond acceptors (Lipinski definition) is 4. The van der Waals surface area contributed by atoms with Gasteiger partial charge in [-0.05, 0) is 85.2 Å². The summed E-state index contributed by atoms with van der Waals surface area (Å²) in [4.78, 5) is 16.9. The third-order valence-electron chi connectivity index (χ3n) is 6.58. The minimum absolute atomic E-state index is 0.124. The maximum absolute atomic E-state index is 12.5. The van der Waals surface area contributed by atoms with Crippen molar-refractivity contribution in [2.75, 3.05) is 20.2 Å². The molecule has 152 valence electrons. The highest BCUT2D eigenvalue weighted by molar-refractivity contribution is 5.93. The molecule has 2 heterocycles. The van der Waals surface area contributed by atoms with Crippen molar-refractivity contribution in [3.63, 3.8) is 0 Å². The SMILES string of the molecule is CNC(=O)c1ncc(OCC2CC2)cc1C1Cc2ccc(C3CCCN3)cc2C1. The number of rotatable bonds is 6. The molecule has 0 radical (unpaired) electrons. The second-order valence-corrected chi connectivity index (χ2v) is 8.72. The Bertz CT molecular complexity index is 916. The van der Waals surface area contributed by atoms with Gasteiger partial charge in [0.05, 0.1) is 12.8 Å². The zero-order valence-electron chi connectivity index (χ0n) is 17.0. The van der Waals surface area contributed by atoms with Crippen LogP contribution in [0.25, 0.3) is 0 Å². The molecule has 2 N–H and O–H groups in total. The Balaban J connectivity index is 1.40. The van der Waals surface area contributed by atoms with E-state index in [1.165, 1.54) is 42.4 Å². The molecular formula is C24H29N3O2. The highest BCUT2D eigenvalue weighted by Crippen LogP contribution is 2.38. The Kier molecular flexibility index (Phi) is 5.00. The zero-order valence-corrected chi connectivity index (χ0v) is 17.0. The van der Waals surface area contributed by atoms with E-state index >= 15 is 0 Å². The summed E-state index contributed by atoms with van der Waals surface area (Å²) in [5.41, 5.74) is 5.74. The number of benzene rings is 1. The summed E-state index contributed by atoms with van der Waals surface area (Å²) < 4.78 is 5.96. The van der Waals surface area contributed by atoms with Crippen molar-refractivity contribution in [1.82, 2.24) is 15.6 Å². The number of amides is 1. The Morgan fingerprint density at radius 1 is 1.21 bits per heavy atom. The lowest BCUT2D eigenvalue weighted by molar-refractivity contribution is 0.0956. The van der Waals surface area contributed by atoms with Gasteiger partial charge in [-0.2, -0.15) is 0 Å². The summed E-state index contributed by atoms with van der Waals surface area (Å²) in [7, 11) is 1.66. The van der Waals surface area contributed by atoms with E-state index in [2.05, 4.69) is 39.9 Å². The lowest BCUT2D eigenvalue weighted by Crippen LogP contribution is -2.22. The maximum Gasteiger partial charge on any atom is 0.269 e. The average molecular weight is 392 g/mol. The fourth-order valence-electron chi connectivity index (χ4n) is 4.70. The molecule has 2 aliphatic carbocycles. The van der Waals surface area contributed by atoms with Crippen LogP contribution in [0.2, 0.25) is 0 Å². The average Bonchev–Trinajstić information content (AvgIpc) is 3.24. The molecule has 0 spiro atoms. The van der Waals surface area contributed by atoms with Crippen molar-refractivity contribution < 1.29 is 9.53 Å². The highest BCUT2D eigenvalue weighted by atomic mass is 16.5. The number of carbonyl (C=O) groups is 1. The molecule has 1 saturated heterocycles. The Morgan fingerprint density at radius 3 is 2.83 bits per heavy atom. The first kappa shape index (κ1) is 18.6. The van der Waals surface area contributed by atoms with Crippen LogP contribution < -0.4 is 15.4 Å². The van der Waals surface area contributed by atoms with Crippen molar-refractivity contribution >= 4 is 5.91 Å². The Hall–Kier alpha value is -2.40. The topological polar surface area (TPSA) is 63.2 Å². The van der Waals surface area contributed by atoms with Crippen LogP contribution in [0, 0.1) is 5.92 Å². The molecule has 1 aromatic carbocycles.